The number of nitrogens with zero attached hydrogens (tertiary/aromatic N) is 4. The van der Waals surface area contributed by atoms with Gasteiger partial charge in [-0.1, -0.05) is 11.6 Å². The van der Waals surface area contributed by atoms with Crippen LogP contribution in [0.3, 0.4) is 0 Å². The Kier molecular flexibility index (Phi) is 7.34. The largest absolute Gasteiger partial charge is 0.337 e. The summed E-state index contributed by atoms with van der Waals surface area (Å²) in [5.41, 5.74) is 0. The van der Waals surface area contributed by atoms with Crippen molar-refractivity contribution in [2.75, 3.05) is 39.3 Å². The van der Waals surface area contributed by atoms with Crippen LogP contribution in [0.1, 0.15) is 38.5 Å². The van der Waals surface area contributed by atoms with Crippen LogP contribution in [0.4, 0.5) is 0 Å². The number of halogens is 1. The Bertz CT molecular complexity index is 936. The molecule has 1 N–H and O–H groups in total. The number of carbonyl (C=O) groups is 2. The van der Waals surface area contributed by atoms with E-state index in [-0.39, 0.29) is 34.4 Å². The molecule has 4 heterocycles. The number of hydrogen-bond donors (Lipinski definition) is 1. The number of amides is 2. The number of pyridine rings is 1. The molecule has 32 heavy (non-hydrogen) atoms. The summed E-state index contributed by atoms with van der Waals surface area (Å²) >= 11 is 5.73. The van der Waals surface area contributed by atoms with E-state index in [0.717, 1.165) is 45.2 Å². The third kappa shape index (κ3) is 5.41. The highest BCUT2D eigenvalue weighted by Crippen LogP contribution is 2.22. The first-order valence-electron chi connectivity index (χ1n) is 11.3. The molecule has 9 nitrogen and oxygen atoms in total. The summed E-state index contributed by atoms with van der Waals surface area (Å²) in [7, 11) is -3.92. The maximum Gasteiger partial charge on any atom is 0.242 e. The zero-order valence-electron chi connectivity index (χ0n) is 18.1. The predicted molar refractivity (Wildman–Crippen MR) is 120 cm³/mol. The molecular formula is C21H30ClN5O4S. The molecule has 2 amide bonds. The lowest BCUT2D eigenvalue weighted by atomic mass is 10.1. The Morgan fingerprint density at radius 3 is 2.56 bits per heavy atom. The molecule has 3 saturated heterocycles. The molecule has 3 aliphatic heterocycles. The summed E-state index contributed by atoms with van der Waals surface area (Å²) in [6, 6.07) is 2.04. The zero-order chi connectivity index (χ0) is 22.7. The number of rotatable bonds is 7. The normalized spacial score (nSPS) is 25.0. The summed E-state index contributed by atoms with van der Waals surface area (Å²) in [5.74, 6) is -0.407. The van der Waals surface area contributed by atoms with Crippen LogP contribution in [0, 0.1) is 0 Å². The van der Waals surface area contributed by atoms with E-state index in [1.165, 1.54) is 29.9 Å². The van der Waals surface area contributed by atoms with Crippen LogP contribution < -0.4 is 4.72 Å². The van der Waals surface area contributed by atoms with Gasteiger partial charge >= 0.3 is 0 Å². The van der Waals surface area contributed by atoms with Crippen molar-refractivity contribution in [3.63, 3.8) is 0 Å². The quantitative estimate of drug-likeness (QED) is 0.582. The zero-order valence-corrected chi connectivity index (χ0v) is 19.7. The molecule has 0 saturated carbocycles. The van der Waals surface area contributed by atoms with Gasteiger partial charge in [-0.2, -0.15) is 4.72 Å². The molecule has 0 aromatic carbocycles. The molecule has 3 aliphatic rings. The first-order chi connectivity index (χ1) is 15.3. The van der Waals surface area contributed by atoms with Gasteiger partial charge in [-0.3, -0.25) is 9.59 Å². The first kappa shape index (κ1) is 23.4. The number of hydrogen-bond acceptors (Lipinski definition) is 6. The molecule has 1 aromatic rings. The third-order valence-corrected chi connectivity index (χ3v) is 8.21. The topological polar surface area (TPSA) is 103 Å². The molecule has 4 rings (SSSR count). The van der Waals surface area contributed by atoms with Crippen molar-refractivity contribution in [1.29, 1.82) is 0 Å². The van der Waals surface area contributed by atoms with Crippen LogP contribution in [-0.2, 0) is 19.6 Å². The second-order valence-corrected chi connectivity index (χ2v) is 10.9. The fourth-order valence-electron chi connectivity index (χ4n) is 4.85. The van der Waals surface area contributed by atoms with Crippen molar-refractivity contribution in [1.82, 2.24) is 24.4 Å². The van der Waals surface area contributed by atoms with Crippen molar-refractivity contribution in [3.8, 4) is 0 Å². The molecule has 0 unspecified atom stereocenters. The second kappa shape index (κ2) is 10.0. The number of likely N-dealkylation sites (tertiary alicyclic amines) is 3. The van der Waals surface area contributed by atoms with E-state index in [9.17, 15) is 18.0 Å². The number of aromatic nitrogens is 1. The van der Waals surface area contributed by atoms with Gasteiger partial charge in [-0.05, 0) is 63.7 Å². The Morgan fingerprint density at radius 1 is 1.09 bits per heavy atom. The maximum atomic E-state index is 13.0. The van der Waals surface area contributed by atoms with E-state index in [4.69, 9.17) is 11.6 Å². The lowest BCUT2D eigenvalue weighted by Gasteiger charge is -2.34. The Morgan fingerprint density at radius 2 is 1.84 bits per heavy atom. The van der Waals surface area contributed by atoms with Crippen LogP contribution in [0.15, 0.2) is 23.2 Å². The molecule has 0 radical (unpaired) electrons. The van der Waals surface area contributed by atoms with Crippen molar-refractivity contribution in [2.45, 2.75) is 55.5 Å². The summed E-state index contributed by atoms with van der Waals surface area (Å²) in [4.78, 5) is 35.6. The molecular weight excluding hydrogens is 454 g/mol. The molecule has 0 spiro atoms. The highest BCUT2D eigenvalue weighted by molar-refractivity contribution is 7.89. The predicted octanol–water partition coefficient (Wildman–Crippen LogP) is 1.09. The van der Waals surface area contributed by atoms with Crippen LogP contribution in [0.5, 0.6) is 0 Å². The summed E-state index contributed by atoms with van der Waals surface area (Å²) in [5, 5.41) is 0.187. The van der Waals surface area contributed by atoms with Gasteiger partial charge < -0.3 is 14.7 Å². The van der Waals surface area contributed by atoms with E-state index >= 15 is 0 Å². The Balaban J connectivity index is 1.36. The van der Waals surface area contributed by atoms with Gasteiger partial charge in [0, 0.05) is 31.9 Å². The monoisotopic (exact) mass is 483 g/mol. The van der Waals surface area contributed by atoms with Gasteiger partial charge in [0.05, 0.1) is 6.54 Å². The maximum absolute atomic E-state index is 13.0. The van der Waals surface area contributed by atoms with Gasteiger partial charge in [0.2, 0.25) is 21.8 Å². The highest BCUT2D eigenvalue weighted by Gasteiger charge is 2.36. The van der Waals surface area contributed by atoms with Crippen molar-refractivity contribution < 1.29 is 18.0 Å². The minimum Gasteiger partial charge on any atom is -0.337 e. The molecule has 0 aliphatic carbocycles. The van der Waals surface area contributed by atoms with E-state index < -0.39 is 16.1 Å². The van der Waals surface area contributed by atoms with Gasteiger partial charge in [0.25, 0.3) is 0 Å². The molecule has 1 aromatic heterocycles. The van der Waals surface area contributed by atoms with Crippen LogP contribution in [0.2, 0.25) is 5.15 Å². The van der Waals surface area contributed by atoms with Crippen LogP contribution in [0.25, 0.3) is 0 Å². The van der Waals surface area contributed by atoms with Gasteiger partial charge in [0.1, 0.15) is 16.1 Å². The molecule has 3 fully saturated rings. The first-order valence-corrected chi connectivity index (χ1v) is 13.1. The second-order valence-electron chi connectivity index (χ2n) is 8.78. The number of nitrogens with one attached hydrogen (secondary N) is 1. The fourth-order valence-corrected chi connectivity index (χ4v) is 6.13. The Hall–Kier alpha value is -1.75. The SMILES string of the molecule is O=C1[C@@H](NS(=O)(=O)c2ccc(Cl)nc2)CCCN1CC(=O)N1CCC[C@H]1CN1CCCC1. The molecule has 0 bridgehead atoms. The Labute approximate surface area is 194 Å². The lowest BCUT2D eigenvalue weighted by Crippen LogP contribution is -2.55. The number of carbonyl (C=O) groups excluding carboxylic acids is 2. The summed E-state index contributed by atoms with van der Waals surface area (Å²) in [6.07, 6.45) is 6.59. The highest BCUT2D eigenvalue weighted by atomic mass is 35.5. The smallest absolute Gasteiger partial charge is 0.242 e. The van der Waals surface area contributed by atoms with Crippen molar-refractivity contribution in [2.24, 2.45) is 0 Å². The lowest BCUT2D eigenvalue weighted by molar-refractivity contribution is -0.143. The van der Waals surface area contributed by atoms with E-state index in [2.05, 4.69) is 14.6 Å². The van der Waals surface area contributed by atoms with Gasteiger partial charge in [0.15, 0.2) is 0 Å². The van der Waals surface area contributed by atoms with E-state index in [1.54, 1.807) is 0 Å². The molecule has 176 valence electrons. The van der Waals surface area contributed by atoms with Crippen LogP contribution in [-0.4, -0.2) is 91.3 Å². The summed E-state index contributed by atoms with van der Waals surface area (Å²) in [6.45, 7) is 4.25. The van der Waals surface area contributed by atoms with E-state index in [1.807, 2.05) is 4.90 Å². The minimum atomic E-state index is -3.92. The minimum absolute atomic E-state index is 0.00391. The van der Waals surface area contributed by atoms with Crippen molar-refractivity contribution >= 4 is 33.4 Å². The number of piperidine rings is 1. The summed E-state index contributed by atoms with van der Waals surface area (Å²) < 4.78 is 27.8. The van der Waals surface area contributed by atoms with Crippen LogP contribution >= 0.6 is 11.6 Å². The van der Waals surface area contributed by atoms with Gasteiger partial charge in [-0.25, -0.2) is 13.4 Å². The molecule has 11 heteroatoms. The third-order valence-electron chi connectivity index (χ3n) is 6.53. The van der Waals surface area contributed by atoms with Gasteiger partial charge in [-0.15, -0.1) is 0 Å². The average Bonchev–Trinajstić information content (AvgIpc) is 3.44. The number of sulfonamides is 1. The fraction of sp³-hybridized carbons (Fsp3) is 0.667. The van der Waals surface area contributed by atoms with Crippen molar-refractivity contribution in [3.05, 3.63) is 23.5 Å². The average molecular weight is 484 g/mol. The molecule has 2 atom stereocenters. The standard InChI is InChI=1S/C21H30ClN5O4S/c22-19-8-7-17(13-23-19)32(30,31)24-18-6-4-11-26(21(18)29)15-20(28)27-12-3-5-16(27)14-25-9-1-2-10-25/h7-8,13,16,18,24H,1-6,9-12,14-15H2/t16-,18-/m0/s1. The van der Waals surface area contributed by atoms with E-state index in [0.29, 0.717) is 19.4 Å².